The molecule has 0 aliphatic heterocycles. The fraction of sp³-hybridized carbons (Fsp3) is 0.368. The Morgan fingerprint density at radius 1 is 1.04 bits per heavy atom. The van der Waals surface area contributed by atoms with Gasteiger partial charge in [-0.1, -0.05) is 24.4 Å². The van der Waals surface area contributed by atoms with Gasteiger partial charge in [0, 0.05) is 18.1 Å². The Morgan fingerprint density at radius 3 is 2.29 bits per heavy atom. The van der Waals surface area contributed by atoms with E-state index in [1.54, 1.807) is 6.07 Å². The van der Waals surface area contributed by atoms with Crippen LogP contribution in [0.2, 0.25) is 5.02 Å². The molecule has 2 N–H and O–H groups in total. The van der Waals surface area contributed by atoms with Gasteiger partial charge in [0.1, 0.15) is 0 Å². The number of furan rings is 1. The van der Waals surface area contributed by atoms with Crippen molar-refractivity contribution < 1.29 is 22.4 Å². The highest BCUT2D eigenvalue weighted by Gasteiger charge is 2.52. The topological polar surface area (TPSA) is 105 Å². The molecule has 2 amide bonds. The molecule has 1 heterocycles. The Hall–Kier alpha value is -2.32. The van der Waals surface area contributed by atoms with Gasteiger partial charge in [0.05, 0.1) is 11.2 Å². The third-order valence-electron chi connectivity index (χ3n) is 4.90. The van der Waals surface area contributed by atoms with Gasteiger partial charge in [0.15, 0.2) is 20.3 Å². The molecule has 1 saturated carbocycles. The highest BCUT2D eigenvalue weighted by atomic mass is 35.5. The molecule has 0 saturated heterocycles. The van der Waals surface area contributed by atoms with E-state index in [2.05, 4.69) is 10.6 Å². The van der Waals surface area contributed by atoms with Crippen LogP contribution in [-0.2, 0) is 14.6 Å². The molecule has 150 valence electrons. The van der Waals surface area contributed by atoms with Crippen LogP contribution in [0.3, 0.4) is 0 Å². The van der Waals surface area contributed by atoms with Gasteiger partial charge in [0.25, 0.3) is 5.91 Å². The highest BCUT2D eigenvalue weighted by molar-refractivity contribution is 7.93. The van der Waals surface area contributed by atoms with Crippen LogP contribution in [0.15, 0.2) is 52.0 Å². The Bertz CT molecular complexity index is 933. The van der Waals surface area contributed by atoms with Crippen LogP contribution in [0.25, 0.3) is 0 Å². The largest absolute Gasteiger partial charge is 0.459 e. The maximum atomic E-state index is 13.2. The van der Waals surface area contributed by atoms with E-state index >= 15 is 0 Å². The molecule has 1 fully saturated rings. The average Bonchev–Trinajstić information content (AvgIpc) is 3.38. The van der Waals surface area contributed by atoms with E-state index in [0.29, 0.717) is 17.9 Å². The maximum Gasteiger partial charge on any atom is 0.287 e. The minimum atomic E-state index is -3.88. The van der Waals surface area contributed by atoms with E-state index in [0.717, 1.165) is 0 Å². The van der Waals surface area contributed by atoms with Crippen molar-refractivity contribution in [1.29, 1.82) is 0 Å². The third-order valence-corrected chi connectivity index (χ3v) is 7.67. The van der Waals surface area contributed by atoms with Gasteiger partial charge < -0.3 is 15.1 Å². The lowest BCUT2D eigenvalue weighted by Crippen LogP contribution is -2.51. The summed E-state index contributed by atoms with van der Waals surface area (Å²) in [5.74, 6) is -0.764. The summed E-state index contributed by atoms with van der Waals surface area (Å²) in [4.78, 5) is 24.8. The van der Waals surface area contributed by atoms with Gasteiger partial charge >= 0.3 is 0 Å². The molecule has 0 bridgehead atoms. The zero-order chi connectivity index (χ0) is 20.2. The zero-order valence-electron chi connectivity index (χ0n) is 15.1. The molecule has 9 heteroatoms. The Morgan fingerprint density at radius 2 is 1.68 bits per heavy atom. The van der Waals surface area contributed by atoms with Crippen LogP contribution in [-0.4, -0.2) is 38.1 Å². The molecule has 1 aliphatic carbocycles. The smallest absolute Gasteiger partial charge is 0.287 e. The Kier molecular flexibility index (Phi) is 6.10. The number of rotatable bonds is 7. The van der Waals surface area contributed by atoms with Gasteiger partial charge in [0.2, 0.25) is 5.91 Å². The van der Waals surface area contributed by atoms with Crippen LogP contribution in [0, 0.1) is 0 Å². The van der Waals surface area contributed by atoms with Gasteiger partial charge in [-0.3, -0.25) is 9.59 Å². The summed E-state index contributed by atoms with van der Waals surface area (Å²) in [7, 11) is -3.88. The number of benzene rings is 1. The lowest BCUT2D eigenvalue weighted by atomic mass is 10.1. The molecule has 2 aromatic rings. The van der Waals surface area contributed by atoms with Crippen LogP contribution in [0.1, 0.15) is 36.2 Å². The van der Waals surface area contributed by atoms with E-state index in [1.807, 2.05) is 0 Å². The Balaban J connectivity index is 1.66. The first-order valence-electron chi connectivity index (χ1n) is 8.97. The van der Waals surface area contributed by atoms with Crippen molar-refractivity contribution in [3.63, 3.8) is 0 Å². The van der Waals surface area contributed by atoms with Crippen molar-refractivity contribution in [2.24, 2.45) is 0 Å². The summed E-state index contributed by atoms with van der Waals surface area (Å²) < 4.78 is 29.9. The number of amides is 2. The number of sulfone groups is 1. The predicted octanol–water partition coefficient (Wildman–Crippen LogP) is 2.57. The van der Waals surface area contributed by atoms with Crippen molar-refractivity contribution >= 4 is 33.3 Å². The first kappa shape index (κ1) is 20.4. The van der Waals surface area contributed by atoms with E-state index in [4.69, 9.17) is 16.0 Å². The number of carbonyl (C=O) groups excluding carboxylic acids is 2. The number of nitrogens with one attached hydrogen (secondary N) is 2. The average molecular weight is 425 g/mol. The van der Waals surface area contributed by atoms with Crippen molar-refractivity contribution in [1.82, 2.24) is 10.6 Å². The fourth-order valence-corrected chi connectivity index (χ4v) is 5.63. The number of halogens is 1. The molecular formula is C19H21ClN2O5S. The van der Waals surface area contributed by atoms with Crippen molar-refractivity contribution in [3.8, 4) is 0 Å². The van der Waals surface area contributed by atoms with Crippen LogP contribution >= 0.6 is 11.6 Å². The molecule has 3 rings (SSSR count). The zero-order valence-corrected chi connectivity index (χ0v) is 16.7. The second-order valence-electron chi connectivity index (χ2n) is 6.65. The van der Waals surface area contributed by atoms with Crippen molar-refractivity contribution in [2.75, 3.05) is 13.1 Å². The van der Waals surface area contributed by atoms with Crippen LogP contribution in [0.4, 0.5) is 0 Å². The minimum Gasteiger partial charge on any atom is -0.459 e. The molecule has 0 radical (unpaired) electrons. The molecule has 28 heavy (non-hydrogen) atoms. The molecule has 7 nitrogen and oxygen atoms in total. The molecular weight excluding hydrogens is 404 g/mol. The van der Waals surface area contributed by atoms with Crippen LogP contribution in [0.5, 0.6) is 0 Å². The van der Waals surface area contributed by atoms with Crippen LogP contribution < -0.4 is 10.6 Å². The predicted molar refractivity (Wildman–Crippen MR) is 104 cm³/mol. The molecule has 0 atom stereocenters. The fourth-order valence-electron chi connectivity index (χ4n) is 3.41. The summed E-state index contributed by atoms with van der Waals surface area (Å²) in [5, 5.41) is 5.70. The quantitative estimate of drug-likeness (QED) is 0.664. The molecule has 0 unspecified atom stereocenters. The standard InChI is InChI=1S/C19H21ClN2O5S/c20-14-5-7-15(8-6-14)28(25,26)19(9-1-2-10-19)18(24)22-12-11-21-17(23)16-4-3-13-27-16/h3-8,13H,1-2,9-12H2,(H,21,23)(H,22,24). The second-order valence-corrected chi connectivity index (χ2v) is 9.34. The normalized spacial score (nSPS) is 15.9. The second kappa shape index (κ2) is 8.36. The van der Waals surface area contributed by atoms with E-state index in [1.165, 1.54) is 36.6 Å². The first-order chi connectivity index (χ1) is 13.4. The van der Waals surface area contributed by atoms with Crippen molar-refractivity contribution in [3.05, 3.63) is 53.4 Å². The Labute approximate surface area is 168 Å². The molecule has 1 aromatic heterocycles. The maximum absolute atomic E-state index is 13.2. The summed E-state index contributed by atoms with van der Waals surface area (Å²) in [5.41, 5.74) is 0. The highest BCUT2D eigenvalue weighted by Crippen LogP contribution is 2.40. The first-order valence-corrected chi connectivity index (χ1v) is 10.8. The molecule has 0 spiro atoms. The van der Waals surface area contributed by atoms with Crippen molar-refractivity contribution in [2.45, 2.75) is 35.3 Å². The lowest BCUT2D eigenvalue weighted by Gasteiger charge is -2.27. The summed E-state index contributed by atoms with van der Waals surface area (Å²) in [6, 6.07) is 8.98. The van der Waals surface area contributed by atoms with E-state index in [9.17, 15) is 18.0 Å². The van der Waals surface area contributed by atoms with Gasteiger partial charge in [-0.25, -0.2) is 8.42 Å². The summed E-state index contributed by atoms with van der Waals surface area (Å²) >= 11 is 5.85. The number of hydrogen-bond donors (Lipinski definition) is 2. The monoisotopic (exact) mass is 424 g/mol. The SMILES string of the molecule is O=C(NCCNC(=O)C1(S(=O)(=O)c2ccc(Cl)cc2)CCCC1)c1ccco1. The van der Waals surface area contributed by atoms with Gasteiger partial charge in [-0.2, -0.15) is 0 Å². The molecule has 1 aromatic carbocycles. The van der Waals surface area contributed by atoms with Gasteiger partial charge in [-0.15, -0.1) is 0 Å². The summed E-state index contributed by atoms with van der Waals surface area (Å²) in [6.45, 7) is 0.269. The van der Waals surface area contributed by atoms with E-state index < -0.39 is 26.4 Å². The lowest BCUT2D eigenvalue weighted by molar-refractivity contribution is -0.123. The number of carbonyl (C=O) groups is 2. The summed E-state index contributed by atoms with van der Waals surface area (Å²) in [6.07, 6.45) is 3.25. The minimum absolute atomic E-state index is 0.0834. The third kappa shape index (κ3) is 3.93. The molecule has 1 aliphatic rings. The van der Waals surface area contributed by atoms with E-state index in [-0.39, 0.29) is 36.6 Å². The number of hydrogen-bond acceptors (Lipinski definition) is 5. The van der Waals surface area contributed by atoms with Gasteiger partial charge in [-0.05, 0) is 49.2 Å².